The number of β-lactam (4-membered cyclic amide) rings is 1. The largest absolute Gasteiger partial charge is 1.00 e. The van der Waals surface area contributed by atoms with Crippen molar-refractivity contribution in [2.24, 2.45) is 0 Å². The fourth-order valence-electron chi connectivity index (χ4n) is 2.65. The van der Waals surface area contributed by atoms with Crippen molar-refractivity contribution in [1.29, 1.82) is 0 Å². The molecule has 0 radical (unpaired) electrons. The zero-order valence-electron chi connectivity index (χ0n) is 13.2. The predicted octanol–water partition coefficient (Wildman–Crippen LogP) is -4.16. The Kier molecular flexibility index (Phi) is 6.00. The molecule has 1 amide bonds. The van der Waals surface area contributed by atoms with Gasteiger partial charge in [-0.2, -0.15) is 0 Å². The summed E-state index contributed by atoms with van der Waals surface area (Å²) in [5, 5.41) is 13.9. The average molecular weight is 336 g/mol. The minimum absolute atomic E-state index is 0. The first-order valence-electron chi connectivity index (χ1n) is 6.42. The molecule has 0 saturated carbocycles. The number of carboxylic acids is 1. The Bertz CT molecular complexity index is 537. The van der Waals surface area contributed by atoms with E-state index in [9.17, 15) is 19.5 Å². The number of rotatable bonds is 4. The van der Waals surface area contributed by atoms with Gasteiger partial charge < -0.3 is 24.9 Å². The van der Waals surface area contributed by atoms with Gasteiger partial charge >= 0.3 is 35.5 Å². The summed E-state index contributed by atoms with van der Waals surface area (Å²) in [6.45, 7) is 5.20. The van der Waals surface area contributed by atoms with Crippen LogP contribution in [0.25, 0.3) is 0 Å². The number of nitrogens with one attached hydrogen (secondary N) is 1. The number of amides is 1. The molecule has 0 aromatic heterocycles. The van der Waals surface area contributed by atoms with Crippen molar-refractivity contribution in [3.63, 3.8) is 0 Å². The van der Waals surface area contributed by atoms with Crippen LogP contribution in [0.3, 0.4) is 0 Å². The van der Waals surface area contributed by atoms with Crippen molar-refractivity contribution < 1.29 is 53.8 Å². The summed E-state index contributed by atoms with van der Waals surface area (Å²) < 4.78 is 3.89. The number of carbonyl (C=O) groups excluding carboxylic acids is 3. The summed E-state index contributed by atoms with van der Waals surface area (Å²) in [5.74, 6) is -2.07. The van der Waals surface area contributed by atoms with Crippen LogP contribution in [-0.4, -0.2) is 52.1 Å². The van der Waals surface area contributed by atoms with E-state index in [4.69, 9.17) is 0 Å². The Morgan fingerprint density at radius 1 is 1.45 bits per heavy atom. The number of carboxylic acid groups (broad SMARTS) is 1. The first-order chi connectivity index (χ1) is 9.69. The van der Waals surface area contributed by atoms with Crippen molar-refractivity contribution in [3.05, 3.63) is 11.8 Å². The third-order valence-corrected chi connectivity index (χ3v) is 5.15. The molecule has 2 aliphatic heterocycles. The third kappa shape index (κ3) is 3.29. The Morgan fingerprint density at radius 3 is 2.55 bits per heavy atom. The van der Waals surface area contributed by atoms with Crippen LogP contribution in [0.1, 0.15) is 20.8 Å². The predicted molar refractivity (Wildman–Crippen MR) is 73.8 cm³/mol. The van der Waals surface area contributed by atoms with E-state index < -0.39 is 28.8 Å². The van der Waals surface area contributed by atoms with Crippen LogP contribution in [0.2, 0.25) is 0 Å². The van der Waals surface area contributed by atoms with Crippen molar-refractivity contribution >= 4 is 29.6 Å². The Hall–Kier alpha value is -0.700. The molecule has 0 aliphatic carbocycles. The average Bonchev–Trinajstić information content (AvgIpc) is 2.64. The summed E-state index contributed by atoms with van der Waals surface area (Å²) in [6, 6.07) is -1.48. The van der Waals surface area contributed by atoms with E-state index >= 15 is 0 Å². The molecule has 3 atom stereocenters. The number of nitrogens with zero attached hydrogens (tertiary/aromatic N) is 1. The standard InChI is InChI=1S/C13H18N2O5S.Na/c1-6(5-7(16)20-4)14-8-10(17)15-9(12(18)19)13(2,3)21-11(8)15;/h5,8-9,11,14H,1-4H3,(H,18,19);/q;+1/p-1/b6-5+;/t8?,9-,11+;/m0./s1. The monoisotopic (exact) mass is 336 g/mol. The summed E-state index contributed by atoms with van der Waals surface area (Å²) in [5.41, 5.74) is 0.496. The molecule has 2 heterocycles. The van der Waals surface area contributed by atoms with E-state index in [1.165, 1.54) is 29.8 Å². The maximum atomic E-state index is 12.2. The van der Waals surface area contributed by atoms with Gasteiger partial charge in [0.25, 0.3) is 0 Å². The summed E-state index contributed by atoms with van der Waals surface area (Å²) in [7, 11) is 1.27. The number of methoxy groups -OCH3 is 1. The van der Waals surface area contributed by atoms with E-state index in [1.54, 1.807) is 20.8 Å². The SMILES string of the molecule is COC(=O)/C=C(\C)NC1C(=O)N2[C@@H]1SC(C)(C)[C@@H]2C(=O)[O-].[Na+]. The molecule has 7 nitrogen and oxygen atoms in total. The van der Waals surface area contributed by atoms with Crippen molar-refractivity contribution in [1.82, 2.24) is 10.2 Å². The second-order valence-corrected chi connectivity index (χ2v) is 7.32. The number of esters is 1. The molecule has 0 aromatic carbocycles. The number of ether oxygens (including phenoxy) is 1. The van der Waals surface area contributed by atoms with E-state index in [2.05, 4.69) is 10.1 Å². The van der Waals surface area contributed by atoms with Gasteiger partial charge in [-0.05, 0) is 20.8 Å². The van der Waals surface area contributed by atoms with Crippen molar-refractivity contribution in [2.75, 3.05) is 7.11 Å². The molecule has 0 spiro atoms. The number of aliphatic carboxylic acids is 1. The van der Waals surface area contributed by atoms with E-state index in [0.29, 0.717) is 5.70 Å². The zero-order chi connectivity index (χ0) is 15.9. The van der Waals surface area contributed by atoms with Crippen molar-refractivity contribution in [3.8, 4) is 0 Å². The summed E-state index contributed by atoms with van der Waals surface area (Å²) in [6.07, 6.45) is 1.25. The van der Waals surface area contributed by atoms with Crippen LogP contribution in [-0.2, 0) is 19.1 Å². The van der Waals surface area contributed by atoms with Gasteiger partial charge in [0.15, 0.2) is 0 Å². The second kappa shape index (κ2) is 6.82. The molecule has 2 rings (SSSR count). The maximum Gasteiger partial charge on any atom is 1.00 e. The Morgan fingerprint density at radius 2 is 2.05 bits per heavy atom. The first-order valence-corrected chi connectivity index (χ1v) is 7.30. The summed E-state index contributed by atoms with van der Waals surface area (Å²) in [4.78, 5) is 35.9. The van der Waals surface area contributed by atoms with Gasteiger partial charge in [0.05, 0.1) is 19.1 Å². The molecular formula is C13H17N2NaO5S. The number of fused-ring (bicyclic) bond motifs is 1. The van der Waals surface area contributed by atoms with Gasteiger partial charge in [-0.3, -0.25) is 4.79 Å². The van der Waals surface area contributed by atoms with E-state index in [-0.39, 0.29) is 40.8 Å². The van der Waals surface area contributed by atoms with Gasteiger partial charge in [-0.1, -0.05) is 0 Å². The van der Waals surface area contributed by atoms with Gasteiger partial charge in [0, 0.05) is 16.5 Å². The zero-order valence-corrected chi connectivity index (χ0v) is 16.0. The van der Waals surface area contributed by atoms with Gasteiger partial charge in [-0.15, -0.1) is 11.8 Å². The molecule has 0 bridgehead atoms. The van der Waals surface area contributed by atoms with E-state index in [0.717, 1.165) is 0 Å². The molecule has 22 heavy (non-hydrogen) atoms. The topological polar surface area (TPSA) is 98.8 Å². The van der Waals surface area contributed by atoms with Gasteiger partial charge in [0.1, 0.15) is 11.4 Å². The fraction of sp³-hybridized carbons (Fsp3) is 0.615. The second-order valence-electron chi connectivity index (χ2n) is 5.55. The minimum atomic E-state index is -1.25. The number of thioether (sulfide) groups is 1. The molecule has 2 fully saturated rings. The minimum Gasteiger partial charge on any atom is -0.548 e. The number of hydrogen-bond acceptors (Lipinski definition) is 7. The number of hydrogen-bond donors (Lipinski definition) is 1. The van der Waals surface area contributed by atoms with Crippen LogP contribution in [0, 0.1) is 0 Å². The molecule has 0 aromatic rings. The Balaban J connectivity index is 0.00000242. The maximum absolute atomic E-state index is 12.2. The van der Waals surface area contributed by atoms with Gasteiger partial charge in [-0.25, -0.2) is 4.79 Å². The normalized spacial score (nSPS) is 29.1. The molecule has 1 unspecified atom stereocenters. The molecule has 2 aliphatic rings. The van der Waals surface area contributed by atoms with Gasteiger partial charge in [0.2, 0.25) is 5.91 Å². The van der Waals surface area contributed by atoms with Crippen molar-refractivity contribution in [2.45, 2.75) is 43.0 Å². The number of allylic oxidation sites excluding steroid dienone is 1. The smallest absolute Gasteiger partial charge is 0.548 e. The molecule has 1 N–H and O–H groups in total. The quantitative estimate of drug-likeness (QED) is 0.241. The van der Waals surface area contributed by atoms with Crippen LogP contribution >= 0.6 is 11.8 Å². The first kappa shape index (κ1) is 19.3. The Labute approximate surface area is 155 Å². The van der Waals surface area contributed by atoms with Crippen LogP contribution in [0.4, 0.5) is 0 Å². The molecule has 2 saturated heterocycles. The fourth-order valence-corrected chi connectivity index (χ4v) is 4.27. The number of carbonyl (C=O) groups is 3. The van der Waals surface area contributed by atoms with Crippen LogP contribution < -0.4 is 40.0 Å². The van der Waals surface area contributed by atoms with Crippen LogP contribution in [0.15, 0.2) is 11.8 Å². The van der Waals surface area contributed by atoms with E-state index in [1.807, 2.05) is 0 Å². The molecular weight excluding hydrogens is 319 g/mol. The third-order valence-electron chi connectivity index (χ3n) is 3.58. The molecule has 9 heteroatoms. The van der Waals surface area contributed by atoms with Crippen LogP contribution in [0.5, 0.6) is 0 Å². The molecule has 116 valence electrons. The summed E-state index contributed by atoms with van der Waals surface area (Å²) >= 11 is 1.41.